The van der Waals surface area contributed by atoms with Crippen LogP contribution < -0.4 is 5.32 Å². The zero-order valence-corrected chi connectivity index (χ0v) is 11.8. The van der Waals surface area contributed by atoms with Gasteiger partial charge < -0.3 is 5.32 Å². The minimum Gasteiger partial charge on any atom is -0.321 e. The predicted octanol–water partition coefficient (Wildman–Crippen LogP) is 3.71. The minimum absolute atomic E-state index is 0.209. The van der Waals surface area contributed by atoms with E-state index in [1.165, 1.54) is 5.56 Å². The molecule has 1 amide bonds. The van der Waals surface area contributed by atoms with Crippen LogP contribution in [0.15, 0.2) is 41.0 Å². The summed E-state index contributed by atoms with van der Waals surface area (Å²) in [6.07, 6.45) is 0. The van der Waals surface area contributed by atoms with Crippen molar-refractivity contribution in [2.24, 2.45) is 0 Å². The summed E-state index contributed by atoms with van der Waals surface area (Å²) >= 11 is 3.25. The zero-order valence-electron chi connectivity index (χ0n) is 10.2. The number of hydrogen-bond donors (Lipinski definition) is 1. The van der Waals surface area contributed by atoms with Crippen LogP contribution >= 0.6 is 15.9 Å². The van der Waals surface area contributed by atoms with Crippen LogP contribution in [0.25, 0.3) is 0 Å². The monoisotopic (exact) mass is 304 g/mol. The highest BCUT2D eigenvalue weighted by atomic mass is 79.9. The molecule has 3 nitrogen and oxygen atoms in total. The van der Waals surface area contributed by atoms with Crippen molar-refractivity contribution >= 4 is 27.5 Å². The van der Waals surface area contributed by atoms with E-state index in [4.69, 9.17) is 0 Å². The minimum atomic E-state index is -0.209. The number of anilines is 1. The van der Waals surface area contributed by atoms with E-state index in [0.717, 1.165) is 11.3 Å². The number of aromatic nitrogens is 1. The van der Waals surface area contributed by atoms with Crippen molar-refractivity contribution in [1.29, 1.82) is 0 Å². The number of carbonyl (C=O) groups is 1. The van der Waals surface area contributed by atoms with Gasteiger partial charge in [-0.1, -0.05) is 12.1 Å². The first kappa shape index (κ1) is 12.8. The normalized spacial score (nSPS) is 10.2. The van der Waals surface area contributed by atoms with Crippen LogP contribution in [-0.2, 0) is 0 Å². The molecule has 0 spiro atoms. The van der Waals surface area contributed by atoms with Gasteiger partial charge in [-0.25, -0.2) is 4.98 Å². The van der Waals surface area contributed by atoms with Crippen LogP contribution in [-0.4, -0.2) is 10.9 Å². The highest BCUT2D eigenvalue weighted by Crippen LogP contribution is 2.15. The molecule has 0 fully saturated rings. The Morgan fingerprint density at radius 1 is 1.17 bits per heavy atom. The van der Waals surface area contributed by atoms with E-state index in [0.29, 0.717) is 10.3 Å². The SMILES string of the molecule is Cc1ccc(NC(=O)c2cccc(Br)n2)cc1C. The largest absolute Gasteiger partial charge is 0.321 e. The van der Waals surface area contributed by atoms with Gasteiger partial charge in [0, 0.05) is 5.69 Å². The first-order chi connectivity index (χ1) is 8.56. The van der Waals surface area contributed by atoms with Crippen molar-refractivity contribution in [2.45, 2.75) is 13.8 Å². The van der Waals surface area contributed by atoms with Crippen LogP contribution in [0, 0.1) is 13.8 Å². The summed E-state index contributed by atoms with van der Waals surface area (Å²) in [6, 6.07) is 11.1. The maximum absolute atomic E-state index is 12.0. The standard InChI is InChI=1S/C14H13BrN2O/c1-9-6-7-11(8-10(9)2)16-14(18)12-4-3-5-13(15)17-12/h3-8H,1-2H3,(H,16,18). The van der Waals surface area contributed by atoms with Gasteiger partial charge in [0.25, 0.3) is 5.91 Å². The van der Waals surface area contributed by atoms with Gasteiger partial charge >= 0.3 is 0 Å². The number of nitrogens with one attached hydrogen (secondary N) is 1. The Labute approximate surface area is 114 Å². The summed E-state index contributed by atoms with van der Waals surface area (Å²) < 4.78 is 0.648. The second kappa shape index (κ2) is 5.31. The van der Waals surface area contributed by atoms with E-state index in [2.05, 4.69) is 26.2 Å². The van der Waals surface area contributed by atoms with Gasteiger partial charge in [-0.3, -0.25) is 4.79 Å². The molecule has 0 unspecified atom stereocenters. The Morgan fingerprint density at radius 2 is 1.94 bits per heavy atom. The molecule has 1 aromatic heterocycles. The van der Waals surface area contributed by atoms with Gasteiger partial charge in [0.05, 0.1) is 0 Å². The fourth-order valence-corrected chi connectivity index (χ4v) is 1.89. The average Bonchev–Trinajstić information content (AvgIpc) is 2.34. The molecule has 0 radical (unpaired) electrons. The highest BCUT2D eigenvalue weighted by molar-refractivity contribution is 9.10. The van der Waals surface area contributed by atoms with Gasteiger partial charge in [-0.2, -0.15) is 0 Å². The summed E-state index contributed by atoms with van der Waals surface area (Å²) in [5.74, 6) is -0.209. The van der Waals surface area contributed by atoms with E-state index in [-0.39, 0.29) is 5.91 Å². The molecule has 1 heterocycles. The maximum atomic E-state index is 12.0. The lowest BCUT2D eigenvalue weighted by molar-refractivity contribution is 0.102. The van der Waals surface area contributed by atoms with Crippen molar-refractivity contribution in [3.8, 4) is 0 Å². The van der Waals surface area contributed by atoms with Gasteiger partial charge in [0.1, 0.15) is 10.3 Å². The number of carbonyl (C=O) groups excluding carboxylic acids is 1. The van der Waals surface area contributed by atoms with E-state index in [1.54, 1.807) is 18.2 Å². The molecule has 2 aromatic rings. The Hall–Kier alpha value is -1.68. The van der Waals surface area contributed by atoms with Crippen LogP contribution in [0.3, 0.4) is 0 Å². The molecule has 18 heavy (non-hydrogen) atoms. The fraction of sp³-hybridized carbons (Fsp3) is 0.143. The molecular weight excluding hydrogens is 292 g/mol. The van der Waals surface area contributed by atoms with Crippen LogP contribution in [0.2, 0.25) is 0 Å². The number of aryl methyl sites for hydroxylation is 2. The number of amides is 1. The molecule has 0 atom stereocenters. The van der Waals surface area contributed by atoms with Crippen LogP contribution in [0.1, 0.15) is 21.6 Å². The quantitative estimate of drug-likeness (QED) is 0.859. The molecule has 0 aliphatic heterocycles. The molecule has 92 valence electrons. The lowest BCUT2D eigenvalue weighted by Gasteiger charge is -2.07. The fourth-order valence-electron chi connectivity index (χ4n) is 1.55. The lowest BCUT2D eigenvalue weighted by Crippen LogP contribution is -2.13. The summed E-state index contributed by atoms with van der Waals surface area (Å²) in [5.41, 5.74) is 3.52. The van der Waals surface area contributed by atoms with Crippen LogP contribution in [0.4, 0.5) is 5.69 Å². The molecule has 0 aliphatic rings. The molecule has 2 rings (SSSR count). The molecule has 1 N–H and O–H groups in total. The molecule has 1 aromatic carbocycles. The third-order valence-corrected chi connectivity index (χ3v) is 3.15. The number of halogens is 1. The smallest absolute Gasteiger partial charge is 0.274 e. The van der Waals surface area contributed by atoms with Gasteiger partial charge in [0.2, 0.25) is 0 Å². The van der Waals surface area contributed by atoms with E-state index < -0.39 is 0 Å². The topological polar surface area (TPSA) is 42.0 Å². The van der Waals surface area contributed by atoms with E-state index in [1.807, 2.05) is 32.0 Å². The van der Waals surface area contributed by atoms with Crippen LogP contribution in [0.5, 0.6) is 0 Å². The molecule has 4 heteroatoms. The number of pyridine rings is 1. The number of benzene rings is 1. The molecule has 0 saturated heterocycles. The Morgan fingerprint density at radius 3 is 2.61 bits per heavy atom. The van der Waals surface area contributed by atoms with E-state index in [9.17, 15) is 4.79 Å². The molecular formula is C14H13BrN2O. The van der Waals surface area contributed by atoms with Gasteiger partial charge in [-0.05, 0) is 65.2 Å². The van der Waals surface area contributed by atoms with Crippen molar-refractivity contribution in [2.75, 3.05) is 5.32 Å². The number of hydrogen-bond acceptors (Lipinski definition) is 2. The summed E-state index contributed by atoms with van der Waals surface area (Å²) in [5, 5.41) is 2.83. The number of rotatable bonds is 2. The van der Waals surface area contributed by atoms with Crippen molar-refractivity contribution in [3.05, 3.63) is 57.8 Å². The molecule has 0 saturated carbocycles. The Bertz CT molecular complexity index is 596. The first-order valence-corrected chi connectivity index (χ1v) is 6.37. The number of nitrogens with zero attached hydrogens (tertiary/aromatic N) is 1. The average molecular weight is 305 g/mol. The Kier molecular flexibility index (Phi) is 3.77. The second-order valence-electron chi connectivity index (χ2n) is 4.10. The van der Waals surface area contributed by atoms with Gasteiger partial charge in [-0.15, -0.1) is 0 Å². The zero-order chi connectivity index (χ0) is 13.1. The summed E-state index contributed by atoms with van der Waals surface area (Å²) in [6.45, 7) is 4.05. The third-order valence-electron chi connectivity index (χ3n) is 2.71. The first-order valence-electron chi connectivity index (χ1n) is 5.57. The Balaban J connectivity index is 2.18. The molecule has 0 bridgehead atoms. The lowest BCUT2D eigenvalue weighted by atomic mass is 10.1. The van der Waals surface area contributed by atoms with Gasteiger partial charge in [0.15, 0.2) is 0 Å². The van der Waals surface area contributed by atoms with Crippen molar-refractivity contribution < 1.29 is 4.79 Å². The van der Waals surface area contributed by atoms with Crippen molar-refractivity contribution in [1.82, 2.24) is 4.98 Å². The molecule has 0 aliphatic carbocycles. The predicted molar refractivity (Wildman–Crippen MR) is 75.8 cm³/mol. The summed E-state index contributed by atoms with van der Waals surface area (Å²) in [7, 11) is 0. The summed E-state index contributed by atoms with van der Waals surface area (Å²) in [4.78, 5) is 16.1. The highest BCUT2D eigenvalue weighted by Gasteiger charge is 2.08. The van der Waals surface area contributed by atoms with Crippen molar-refractivity contribution in [3.63, 3.8) is 0 Å². The second-order valence-corrected chi connectivity index (χ2v) is 4.91. The third kappa shape index (κ3) is 2.96. The van der Waals surface area contributed by atoms with E-state index >= 15 is 0 Å². The maximum Gasteiger partial charge on any atom is 0.274 e.